The minimum Gasteiger partial charge on any atom is -0.391 e. The fourth-order valence-corrected chi connectivity index (χ4v) is 1.16. The molecule has 0 aromatic rings. The summed E-state index contributed by atoms with van der Waals surface area (Å²) >= 11 is 0. The molecule has 0 fully saturated rings. The molecule has 1 aliphatic heterocycles. The molecular weight excluding hydrogens is 110 g/mol. The Morgan fingerprint density at radius 1 is 1.56 bits per heavy atom. The summed E-state index contributed by atoms with van der Waals surface area (Å²) in [5, 5.41) is 3.25. The van der Waals surface area contributed by atoms with Gasteiger partial charge in [-0.3, -0.25) is 0 Å². The predicted molar refractivity (Wildman–Crippen MR) is 40.1 cm³/mol. The van der Waals surface area contributed by atoms with Gasteiger partial charge in [0, 0.05) is 6.54 Å². The second kappa shape index (κ2) is 2.42. The van der Waals surface area contributed by atoms with Crippen LogP contribution in [0.5, 0.6) is 0 Å². The fourth-order valence-electron chi connectivity index (χ4n) is 1.16. The van der Waals surface area contributed by atoms with E-state index >= 15 is 0 Å². The van der Waals surface area contributed by atoms with E-state index in [1.807, 2.05) is 0 Å². The summed E-state index contributed by atoms with van der Waals surface area (Å²) in [5.74, 6) is 1.57. The van der Waals surface area contributed by atoms with Crippen molar-refractivity contribution in [2.24, 2.45) is 11.8 Å². The van der Waals surface area contributed by atoms with Crippen molar-refractivity contribution in [3.05, 3.63) is 11.8 Å². The summed E-state index contributed by atoms with van der Waals surface area (Å²) in [4.78, 5) is 0. The first kappa shape index (κ1) is 6.66. The molecule has 1 heterocycles. The lowest BCUT2D eigenvalue weighted by Gasteiger charge is -2.25. The van der Waals surface area contributed by atoms with Crippen molar-refractivity contribution in [1.29, 1.82) is 0 Å². The molecule has 1 rings (SSSR count). The molecule has 0 saturated carbocycles. The van der Waals surface area contributed by atoms with Crippen LogP contribution >= 0.6 is 0 Å². The Bertz CT molecular complexity index is 127. The molecule has 0 amide bonds. The lowest BCUT2D eigenvalue weighted by atomic mass is 9.88. The van der Waals surface area contributed by atoms with Crippen LogP contribution in [0.1, 0.15) is 20.8 Å². The number of hydrogen-bond acceptors (Lipinski definition) is 1. The quantitative estimate of drug-likeness (QED) is 0.520. The van der Waals surface area contributed by atoms with Crippen LogP contribution in [0.3, 0.4) is 0 Å². The van der Waals surface area contributed by atoms with E-state index in [-0.39, 0.29) is 0 Å². The van der Waals surface area contributed by atoms with Crippen molar-refractivity contribution in [2.75, 3.05) is 6.54 Å². The van der Waals surface area contributed by atoms with E-state index < -0.39 is 0 Å². The molecule has 1 N–H and O–H groups in total. The number of hydrogen-bond donors (Lipinski definition) is 1. The summed E-state index contributed by atoms with van der Waals surface area (Å²) in [5.41, 5.74) is 1.48. The highest BCUT2D eigenvalue weighted by Crippen LogP contribution is 2.21. The molecule has 1 aliphatic rings. The van der Waals surface area contributed by atoms with Gasteiger partial charge in [-0.05, 0) is 25.0 Å². The molecule has 0 bridgehead atoms. The molecule has 0 aromatic carbocycles. The number of rotatable bonds is 0. The van der Waals surface area contributed by atoms with Crippen molar-refractivity contribution in [3.63, 3.8) is 0 Å². The van der Waals surface area contributed by atoms with E-state index in [2.05, 4.69) is 32.3 Å². The Hall–Kier alpha value is -0.460. The van der Waals surface area contributed by atoms with Gasteiger partial charge < -0.3 is 5.32 Å². The molecule has 0 spiro atoms. The fraction of sp³-hybridized carbons (Fsp3) is 0.750. The van der Waals surface area contributed by atoms with E-state index in [0.717, 1.165) is 18.4 Å². The Balaban J connectivity index is 2.62. The van der Waals surface area contributed by atoms with E-state index in [1.165, 1.54) is 5.57 Å². The van der Waals surface area contributed by atoms with E-state index in [1.54, 1.807) is 0 Å². The van der Waals surface area contributed by atoms with Crippen molar-refractivity contribution >= 4 is 0 Å². The second-order valence-electron chi connectivity index (χ2n) is 3.06. The van der Waals surface area contributed by atoms with Crippen molar-refractivity contribution in [2.45, 2.75) is 20.8 Å². The molecule has 2 unspecified atom stereocenters. The average molecular weight is 125 g/mol. The predicted octanol–water partition coefficient (Wildman–Crippen LogP) is 1.77. The highest BCUT2D eigenvalue weighted by Gasteiger charge is 2.16. The van der Waals surface area contributed by atoms with Crippen LogP contribution in [0.25, 0.3) is 0 Å². The first-order valence-electron chi connectivity index (χ1n) is 3.62. The molecule has 1 heteroatoms. The van der Waals surface area contributed by atoms with Gasteiger partial charge in [0.2, 0.25) is 0 Å². The Kier molecular flexibility index (Phi) is 1.79. The van der Waals surface area contributed by atoms with Crippen LogP contribution in [0, 0.1) is 11.8 Å². The lowest BCUT2D eigenvalue weighted by Crippen LogP contribution is -2.27. The second-order valence-corrected chi connectivity index (χ2v) is 3.06. The monoisotopic (exact) mass is 125 g/mol. The minimum absolute atomic E-state index is 0.770. The third-order valence-corrected chi connectivity index (χ3v) is 2.34. The van der Waals surface area contributed by atoms with Gasteiger partial charge in [-0.15, -0.1) is 0 Å². The van der Waals surface area contributed by atoms with Crippen molar-refractivity contribution in [1.82, 2.24) is 5.32 Å². The molecule has 0 aromatic heterocycles. The highest BCUT2D eigenvalue weighted by molar-refractivity contribution is 5.06. The number of nitrogens with one attached hydrogen (secondary N) is 1. The molecule has 0 saturated heterocycles. The largest absolute Gasteiger partial charge is 0.391 e. The third-order valence-electron chi connectivity index (χ3n) is 2.34. The maximum absolute atomic E-state index is 3.25. The van der Waals surface area contributed by atoms with Crippen molar-refractivity contribution < 1.29 is 0 Å². The highest BCUT2D eigenvalue weighted by atomic mass is 14.8. The van der Waals surface area contributed by atoms with Crippen LogP contribution in [-0.2, 0) is 0 Å². The summed E-state index contributed by atoms with van der Waals surface area (Å²) in [6, 6.07) is 0. The zero-order valence-corrected chi connectivity index (χ0v) is 6.44. The van der Waals surface area contributed by atoms with E-state index in [9.17, 15) is 0 Å². The van der Waals surface area contributed by atoms with Gasteiger partial charge in [-0.1, -0.05) is 19.4 Å². The summed E-state index contributed by atoms with van der Waals surface area (Å²) in [6.45, 7) is 7.90. The minimum atomic E-state index is 0.770. The van der Waals surface area contributed by atoms with E-state index in [4.69, 9.17) is 0 Å². The van der Waals surface area contributed by atoms with Crippen molar-refractivity contribution in [3.8, 4) is 0 Å². The lowest BCUT2D eigenvalue weighted by molar-refractivity contribution is 0.405. The molecular formula is C8H15N. The molecule has 52 valence electrons. The molecule has 2 atom stereocenters. The number of allylic oxidation sites excluding steroid dienone is 1. The zero-order chi connectivity index (χ0) is 6.85. The Labute approximate surface area is 57.1 Å². The Morgan fingerprint density at radius 2 is 2.22 bits per heavy atom. The average Bonchev–Trinajstić information content (AvgIpc) is 1.83. The van der Waals surface area contributed by atoms with Gasteiger partial charge in [-0.25, -0.2) is 0 Å². The molecule has 0 radical (unpaired) electrons. The normalized spacial score (nSPS) is 35.2. The van der Waals surface area contributed by atoms with Crippen LogP contribution < -0.4 is 5.32 Å². The first-order chi connectivity index (χ1) is 4.22. The molecule has 9 heavy (non-hydrogen) atoms. The topological polar surface area (TPSA) is 12.0 Å². The van der Waals surface area contributed by atoms with Crippen LogP contribution in [0.2, 0.25) is 0 Å². The van der Waals surface area contributed by atoms with Gasteiger partial charge in [-0.2, -0.15) is 0 Å². The SMILES string of the molecule is CC1=CNCC(C)C1C. The van der Waals surface area contributed by atoms with Crippen LogP contribution in [0.15, 0.2) is 11.8 Å². The summed E-state index contributed by atoms with van der Waals surface area (Å²) in [7, 11) is 0. The zero-order valence-electron chi connectivity index (χ0n) is 6.44. The maximum Gasteiger partial charge on any atom is 0.0172 e. The summed E-state index contributed by atoms with van der Waals surface area (Å²) < 4.78 is 0. The molecule has 0 aliphatic carbocycles. The van der Waals surface area contributed by atoms with Gasteiger partial charge >= 0.3 is 0 Å². The summed E-state index contributed by atoms with van der Waals surface area (Å²) in [6.07, 6.45) is 2.13. The van der Waals surface area contributed by atoms with Crippen LogP contribution in [-0.4, -0.2) is 6.54 Å². The van der Waals surface area contributed by atoms with Gasteiger partial charge in [0.15, 0.2) is 0 Å². The van der Waals surface area contributed by atoms with Gasteiger partial charge in [0.25, 0.3) is 0 Å². The Morgan fingerprint density at radius 3 is 2.67 bits per heavy atom. The maximum atomic E-state index is 3.25. The first-order valence-corrected chi connectivity index (χ1v) is 3.62. The third kappa shape index (κ3) is 1.26. The van der Waals surface area contributed by atoms with E-state index in [0.29, 0.717) is 0 Å². The smallest absolute Gasteiger partial charge is 0.0172 e. The standard InChI is InChI=1S/C8H15N/c1-6-4-9-5-7(2)8(6)3/h4,7-9H,5H2,1-3H3. The van der Waals surface area contributed by atoms with Gasteiger partial charge in [0.1, 0.15) is 0 Å². The van der Waals surface area contributed by atoms with Gasteiger partial charge in [0.05, 0.1) is 0 Å². The van der Waals surface area contributed by atoms with Crippen LogP contribution in [0.4, 0.5) is 0 Å². The molecule has 1 nitrogen and oxygen atoms in total.